The van der Waals surface area contributed by atoms with Crippen LogP contribution in [0.25, 0.3) is 0 Å². The van der Waals surface area contributed by atoms with Crippen LogP contribution in [-0.2, 0) is 28.6 Å². The van der Waals surface area contributed by atoms with Crippen LogP contribution in [0.15, 0.2) is 85.1 Å². The van der Waals surface area contributed by atoms with Crippen LogP contribution in [-0.4, -0.2) is 80.6 Å². The molecule has 0 saturated carbocycles. The highest BCUT2D eigenvalue weighted by Crippen LogP contribution is 2.11. The van der Waals surface area contributed by atoms with Gasteiger partial charge in [-0.2, -0.15) is 0 Å². The number of carbonyl (C=O) groups excluding carboxylic acids is 2. The quantitative estimate of drug-likeness (QED) is 0.0298. The molecule has 2 unspecified atom stereocenters. The molecule has 0 aromatic heterocycles. The summed E-state index contributed by atoms with van der Waals surface area (Å²) in [5.41, 5.74) is 0. The molecule has 0 radical (unpaired) electrons. The number of carboxylic acids is 1. The lowest BCUT2D eigenvalue weighted by atomic mass is 10.1. The first kappa shape index (κ1) is 50.5. The third-order valence-electron chi connectivity index (χ3n) is 8.53. The zero-order valence-electron chi connectivity index (χ0n) is 34.6. The van der Waals surface area contributed by atoms with Crippen LogP contribution in [0.3, 0.4) is 0 Å². The van der Waals surface area contributed by atoms with Gasteiger partial charge in [-0.3, -0.25) is 9.59 Å². The second kappa shape index (κ2) is 36.5. The topological polar surface area (TPSA) is 99.1 Å². The van der Waals surface area contributed by atoms with Crippen molar-refractivity contribution in [1.29, 1.82) is 0 Å². The average Bonchev–Trinajstić information content (AvgIpc) is 3.12. The minimum absolute atomic E-state index is 0.0292. The van der Waals surface area contributed by atoms with Crippen molar-refractivity contribution in [1.82, 2.24) is 0 Å². The van der Waals surface area contributed by atoms with Gasteiger partial charge in [-0.25, -0.2) is 4.79 Å². The predicted molar refractivity (Wildman–Crippen MR) is 224 cm³/mol. The fourth-order valence-corrected chi connectivity index (χ4v) is 5.32. The average molecular weight is 755 g/mol. The molecule has 1 N–H and O–H groups in total. The highest BCUT2D eigenvalue weighted by molar-refractivity contribution is 5.72. The van der Waals surface area contributed by atoms with Crippen LogP contribution < -0.4 is 0 Å². The van der Waals surface area contributed by atoms with Crippen molar-refractivity contribution >= 4 is 17.9 Å². The Balaban J connectivity index is 4.50. The molecule has 0 aliphatic rings. The number of hydrogen-bond acceptors (Lipinski definition) is 6. The molecule has 0 spiro atoms. The summed E-state index contributed by atoms with van der Waals surface area (Å²) in [4.78, 5) is 36.8. The number of rotatable bonds is 35. The van der Waals surface area contributed by atoms with Gasteiger partial charge in [0.25, 0.3) is 0 Å². The second-order valence-electron chi connectivity index (χ2n) is 14.5. The molecule has 0 aromatic carbocycles. The Bertz CT molecular complexity index is 1160. The van der Waals surface area contributed by atoms with E-state index in [1.54, 1.807) is 0 Å². The van der Waals surface area contributed by atoms with Crippen molar-refractivity contribution in [3.8, 4) is 0 Å². The molecule has 0 amide bonds. The molecule has 2 atom stereocenters. The number of likely N-dealkylation sites (N-methyl/N-ethyl adjacent to an activating group) is 1. The van der Waals surface area contributed by atoms with E-state index >= 15 is 0 Å². The van der Waals surface area contributed by atoms with Crippen molar-refractivity contribution in [3.05, 3.63) is 85.1 Å². The Morgan fingerprint density at radius 2 is 1.06 bits per heavy atom. The molecular formula is C46H76NO7+. The highest BCUT2D eigenvalue weighted by Gasteiger charge is 2.31. The van der Waals surface area contributed by atoms with Crippen molar-refractivity contribution in [2.75, 3.05) is 41.0 Å². The Morgan fingerprint density at radius 1 is 0.574 bits per heavy atom. The van der Waals surface area contributed by atoms with Gasteiger partial charge in [0.2, 0.25) is 0 Å². The number of allylic oxidation sites excluding steroid dienone is 14. The molecule has 54 heavy (non-hydrogen) atoms. The number of hydrogen-bond donors (Lipinski definition) is 1. The third kappa shape index (κ3) is 34.3. The van der Waals surface area contributed by atoms with E-state index < -0.39 is 18.1 Å². The predicted octanol–water partition coefficient (Wildman–Crippen LogP) is 11.0. The smallest absolute Gasteiger partial charge is 0.362 e. The molecule has 8 nitrogen and oxygen atoms in total. The highest BCUT2D eigenvalue weighted by atomic mass is 16.6. The molecule has 0 aliphatic carbocycles. The van der Waals surface area contributed by atoms with E-state index in [2.05, 4.69) is 98.9 Å². The van der Waals surface area contributed by atoms with E-state index in [1.807, 2.05) is 21.1 Å². The fraction of sp³-hybridized carbons (Fsp3) is 0.630. The van der Waals surface area contributed by atoms with Crippen LogP contribution in [0.5, 0.6) is 0 Å². The number of quaternary nitrogens is 1. The van der Waals surface area contributed by atoms with Crippen molar-refractivity contribution < 1.29 is 38.2 Å². The van der Waals surface area contributed by atoms with Crippen LogP contribution in [0.4, 0.5) is 0 Å². The summed E-state index contributed by atoms with van der Waals surface area (Å²) in [5, 5.41) is 9.59. The largest absolute Gasteiger partial charge is 0.477 e. The van der Waals surface area contributed by atoms with E-state index in [4.69, 9.17) is 14.2 Å². The molecule has 8 heteroatoms. The molecule has 306 valence electrons. The van der Waals surface area contributed by atoms with E-state index in [0.717, 1.165) is 83.5 Å². The molecule has 0 aliphatic heterocycles. The van der Waals surface area contributed by atoms with E-state index in [-0.39, 0.29) is 42.7 Å². The van der Waals surface area contributed by atoms with Crippen molar-refractivity contribution in [2.45, 2.75) is 148 Å². The Kier molecular flexibility index (Phi) is 34.1. The summed E-state index contributed by atoms with van der Waals surface area (Å²) >= 11 is 0. The Morgan fingerprint density at radius 3 is 1.59 bits per heavy atom. The molecule has 0 saturated heterocycles. The number of nitrogens with zero attached hydrogens (tertiary/aromatic N) is 1. The fourth-order valence-electron chi connectivity index (χ4n) is 5.32. The van der Waals surface area contributed by atoms with Crippen LogP contribution in [0.2, 0.25) is 0 Å². The van der Waals surface area contributed by atoms with Gasteiger partial charge in [0, 0.05) is 19.3 Å². The normalized spacial score (nSPS) is 13.9. The maximum absolute atomic E-state index is 12.7. The maximum Gasteiger partial charge on any atom is 0.362 e. The van der Waals surface area contributed by atoms with Gasteiger partial charge in [-0.1, -0.05) is 125 Å². The maximum atomic E-state index is 12.7. The number of unbranched alkanes of at least 4 members (excludes halogenated alkanes) is 7. The Labute approximate surface area is 329 Å². The summed E-state index contributed by atoms with van der Waals surface area (Å²) in [5.74, 6) is -1.58. The lowest BCUT2D eigenvalue weighted by molar-refractivity contribution is -0.887. The van der Waals surface area contributed by atoms with Gasteiger partial charge in [-0.05, 0) is 77.0 Å². The van der Waals surface area contributed by atoms with Crippen molar-refractivity contribution in [2.24, 2.45) is 0 Å². The van der Waals surface area contributed by atoms with Gasteiger partial charge in [0.15, 0.2) is 12.1 Å². The number of esters is 2. The molecule has 0 fully saturated rings. The molecular weight excluding hydrogens is 679 g/mol. The van der Waals surface area contributed by atoms with E-state index in [0.29, 0.717) is 19.3 Å². The Hall–Kier alpha value is -3.49. The minimum atomic E-state index is -0.890. The van der Waals surface area contributed by atoms with Gasteiger partial charge in [-0.15, -0.1) is 0 Å². The minimum Gasteiger partial charge on any atom is -0.477 e. The zero-order chi connectivity index (χ0) is 40.0. The third-order valence-corrected chi connectivity index (χ3v) is 8.53. The number of carbonyl (C=O) groups is 3. The standard InChI is InChI=1S/C46H75NO7/c1-6-8-10-12-14-16-18-19-20-21-22-23-24-25-26-27-29-31-33-35-37-45(49)54-42(40-52-39-38-43(46(50)51)47(3,4)5)41-53-44(48)36-34-32-30-28-17-15-13-11-9-7-2/h8,10,13-16,19-20,22-23,25-26,29,31,42-43H,6-7,9,11-12,17-18,21,24,27-28,30,32-41H2,1-5H3/p+1/b10-8+,15-13+,16-14+,20-19+,23-22+,26-25+,31-29+. The SMILES string of the molecule is CC/C=C/C/C=C/C/C=C/C/C=C/C/C=C/C/C=C/CCCC(=O)OC(COCCC(C(=O)O)[N+](C)(C)C)COC(=O)CCCCCC/C=C/CCCC. The first-order valence-electron chi connectivity index (χ1n) is 20.6. The van der Waals surface area contributed by atoms with Gasteiger partial charge < -0.3 is 23.8 Å². The van der Waals surface area contributed by atoms with Crippen LogP contribution >= 0.6 is 0 Å². The first-order valence-corrected chi connectivity index (χ1v) is 20.6. The first-order chi connectivity index (χ1) is 26.1. The van der Waals surface area contributed by atoms with Gasteiger partial charge in [0.1, 0.15) is 6.61 Å². The molecule has 0 bridgehead atoms. The summed E-state index contributed by atoms with van der Waals surface area (Å²) in [7, 11) is 5.48. The van der Waals surface area contributed by atoms with Crippen LogP contribution in [0.1, 0.15) is 136 Å². The lowest BCUT2D eigenvalue weighted by Gasteiger charge is -2.31. The number of ether oxygens (including phenoxy) is 3. The summed E-state index contributed by atoms with van der Waals surface area (Å²) in [6.07, 6.45) is 46.4. The zero-order valence-corrected chi connectivity index (χ0v) is 34.6. The summed E-state index contributed by atoms with van der Waals surface area (Å²) in [6, 6.07) is -0.630. The number of aliphatic carboxylic acids is 1. The van der Waals surface area contributed by atoms with Gasteiger partial charge >= 0.3 is 17.9 Å². The van der Waals surface area contributed by atoms with Crippen molar-refractivity contribution in [3.63, 3.8) is 0 Å². The van der Waals surface area contributed by atoms with E-state index in [9.17, 15) is 19.5 Å². The van der Waals surface area contributed by atoms with E-state index in [1.165, 1.54) is 12.8 Å². The van der Waals surface area contributed by atoms with Gasteiger partial charge in [0.05, 0.1) is 34.4 Å². The summed E-state index contributed by atoms with van der Waals surface area (Å²) < 4.78 is 17.1. The monoisotopic (exact) mass is 755 g/mol. The number of carboxylic acid groups (broad SMARTS) is 1. The molecule has 0 heterocycles. The molecule has 0 rings (SSSR count). The lowest BCUT2D eigenvalue weighted by Crippen LogP contribution is -2.50. The van der Waals surface area contributed by atoms with Crippen LogP contribution in [0, 0.1) is 0 Å². The summed E-state index contributed by atoms with van der Waals surface area (Å²) in [6.45, 7) is 4.47. The second-order valence-corrected chi connectivity index (χ2v) is 14.5. The molecule has 0 aromatic rings.